The molecule has 0 fully saturated rings. The van der Waals surface area contributed by atoms with Gasteiger partial charge in [0, 0.05) is 16.6 Å². The number of carbonyl (C=O) groups excluding carboxylic acids is 1. The summed E-state index contributed by atoms with van der Waals surface area (Å²) in [5.74, 6) is 0.690. The van der Waals surface area contributed by atoms with Gasteiger partial charge in [0.1, 0.15) is 11.5 Å². The Bertz CT molecular complexity index is 798. The molecule has 0 amide bonds. The van der Waals surface area contributed by atoms with E-state index in [9.17, 15) is 4.79 Å². The van der Waals surface area contributed by atoms with Gasteiger partial charge in [-0.2, -0.15) is 0 Å². The maximum atomic E-state index is 11.4. The van der Waals surface area contributed by atoms with Crippen molar-refractivity contribution in [2.45, 2.75) is 6.54 Å². The van der Waals surface area contributed by atoms with Crippen LogP contribution in [-0.2, 0) is 6.54 Å². The number of carbonyl (C=O) groups is 1. The fraction of sp³-hybridized carbons (Fsp3) is 0.0588. The average Bonchev–Trinajstić information content (AvgIpc) is 2.86. The maximum absolute atomic E-state index is 11.4. The third-order valence-corrected chi connectivity index (χ3v) is 4.17. The molecule has 0 saturated heterocycles. The largest absolute Gasteiger partial charge is 0.316 e. The highest BCUT2D eigenvalue weighted by Gasteiger charge is 2.16. The zero-order valence-corrected chi connectivity index (χ0v) is 13.9. The summed E-state index contributed by atoms with van der Waals surface area (Å²) in [5.41, 5.74) is 2.38. The number of rotatable bonds is 4. The number of aromatic nitrogens is 2. The number of nitrogens with zero attached hydrogens (tertiary/aromatic N) is 2. The van der Waals surface area contributed by atoms with Crippen LogP contribution in [0.3, 0.4) is 0 Å². The monoisotopic (exact) mass is 376 g/mol. The molecule has 0 aliphatic rings. The first-order valence-electron chi connectivity index (χ1n) is 6.70. The van der Waals surface area contributed by atoms with Crippen molar-refractivity contribution >= 4 is 33.8 Å². The minimum Gasteiger partial charge on any atom is -0.316 e. The molecule has 22 heavy (non-hydrogen) atoms. The molecule has 3 aromatic rings. The summed E-state index contributed by atoms with van der Waals surface area (Å²) in [5, 5.41) is 0.228. The molecule has 0 unspecified atom stereocenters. The highest BCUT2D eigenvalue weighted by Crippen LogP contribution is 2.26. The minimum absolute atomic E-state index is 0.228. The maximum Gasteiger partial charge on any atom is 0.169 e. The van der Waals surface area contributed by atoms with Crippen LogP contribution in [0, 0.1) is 0 Å². The second-order valence-electron chi connectivity index (χ2n) is 4.81. The third-order valence-electron chi connectivity index (χ3n) is 3.36. The lowest BCUT2D eigenvalue weighted by molar-refractivity contribution is 0.111. The fourth-order valence-corrected chi connectivity index (χ4v) is 2.78. The number of benzene rings is 2. The van der Waals surface area contributed by atoms with Crippen LogP contribution in [-0.4, -0.2) is 15.8 Å². The molecular weight excluding hydrogens is 366 g/mol. The summed E-state index contributed by atoms with van der Waals surface area (Å²) in [7, 11) is 0. The van der Waals surface area contributed by atoms with E-state index in [0.29, 0.717) is 18.1 Å². The van der Waals surface area contributed by atoms with Crippen molar-refractivity contribution in [1.82, 2.24) is 9.55 Å². The van der Waals surface area contributed by atoms with Crippen molar-refractivity contribution in [3.63, 3.8) is 0 Å². The normalized spacial score (nSPS) is 10.6. The Morgan fingerprint density at radius 2 is 1.77 bits per heavy atom. The van der Waals surface area contributed by atoms with Gasteiger partial charge in [0.15, 0.2) is 11.4 Å². The Kier molecular flexibility index (Phi) is 4.41. The summed E-state index contributed by atoms with van der Waals surface area (Å²) in [6, 6.07) is 17.6. The second-order valence-corrected chi connectivity index (χ2v) is 6.08. The van der Waals surface area contributed by atoms with E-state index in [1.807, 2.05) is 59.2 Å². The van der Waals surface area contributed by atoms with Crippen molar-refractivity contribution in [3.05, 3.63) is 75.5 Å². The molecule has 0 spiro atoms. The SMILES string of the molecule is O=Cc1c(Cl)nc(-c2ccccc2)n1[14CH2]c1ccc(Br)cc1. The summed E-state index contributed by atoms with van der Waals surface area (Å²) in [6.07, 6.45) is 0.751. The van der Waals surface area contributed by atoms with Crippen molar-refractivity contribution in [1.29, 1.82) is 0 Å². The van der Waals surface area contributed by atoms with Crippen molar-refractivity contribution < 1.29 is 4.79 Å². The smallest absolute Gasteiger partial charge is 0.169 e. The van der Waals surface area contributed by atoms with E-state index in [2.05, 4.69) is 20.9 Å². The summed E-state index contributed by atoms with van der Waals surface area (Å²) >= 11 is 9.54. The molecule has 1 heterocycles. The highest BCUT2D eigenvalue weighted by molar-refractivity contribution is 9.10. The molecule has 0 aliphatic carbocycles. The third kappa shape index (κ3) is 2.98. The second kappa shape index (κ2) is 6.46. The van der Waals surface area contributed by atoms with Crippen LogP contribution in [0.4, 0.5) is 0 Å². The lowest BCUT2D eigenvalue weighted by atomic mass is 10.2. The topological polar surface area (TPSA) is 34.9 Å². The lowest BCUT2D eigenvalue weighted by Crippen LogP contribution is -2.06. The minimum atomic E-state index is 0.228. The first-order chi connectivity index (χ1) is 10.7. The van der Waals surface area contributed by atoms with Gasteiger partial charge in [0.05, 0.1) is 0 Å². The number of hydrogen-bond acceptors (Lipinski definition) is 2. The number of hydrogen-bond donors (Lipinski definition) is 0. The van der Waals surface area contributed by atoms with E-state index in [4.69, 9.17) is 11.6 Å². The zero-order valence-electron chi connectivity index (χ0n) is 11.5. The van der Waals surface area contributed by atoms with Gasteiger partial charge in [-0.05, 0) is 17.7 Å². The first kappa shape index (κ1) is 15.0. The quantitative estimate of drug-likeness (QED) is 0.611. The number of aldehydes is 1. The number of imidazole rings is 1. The molecule has 110 valence electrons. The molecule has 0 bridgehead atoms. The predicted octanol–water partition coefficient (Wildman–Crippen LogP) is 4.83. The standard InChI is InChI=1S/C17H12BrClN2O/c18-14-8-6-12(7-9-14)10-21-15(11-22)16(19)20-17(21)13-4-2-1-3-5-13/h1-9,11H,10H2/i10+2. The van der Waals surface area contributed by atoms with E-state index in [0.717, 1.165) is 21.9 Å². The molecule has 2 aromatic carbocycles. The molecule has 0 radical (unpaired) electrons. The van der Waals surface area contributed by atoms with Crippen LogP contribution in [0.2, 0.25) is 5.15 Å². The van der Waals surface area contributed by atoms with Crippen LogP contribution in [0.25, 0.3) is 11.4 Å². The molecule has 1 aromatic heterocycles. The molecule has 0 saturated carbocycles. The molecule has 0 N–H and O–H groups in total. The first-order valence-corrected chi connectivity index (χ1v) is 7.87. The fourth-order valence-electron chi connectivity index (χ4n) is 2.29. The van der Waals surface area contributed by atoms with Gasteiger partial charge in [-0.15, -0.1) is 0 Å². The summed E-state index contributed by atoms with van der Waals surface area (Å²) in [4.78, 5) is 15.7. The van der Waals surface area contributed by atoms with Gasteiger partial charge in [-0.3, -0.25) is 4.79 Å². The average molecular weight is 378 g/mol. The molecule has 5 heteroatoms. The lowest BCUT2D eigenvalue weighted by Gasteiger charge is -2.10. The van der Waals surface area contributed by atoms with Gasteiger partial charge in [-0.1, -0.05) is 70.0 Å². The Morgan fingerprint density at radius 1 is 1.09 bits per heavy atom. The Balaban J connectivity index is 2.08. The van der Waals surface area contributed by atoms with Crippen LogP contribution in [0.1, 0.15) is 16.1 Å². The van der Waals surface area contributed by atoms with Crippen molar-refractivity contribution in [2.24, 2.45) is 0 Å². The van der Waals surface area contributed by atoms with E-state index in [1.165, 1.54) is 0 Å². The van der Waals surface area contributed by atoms with E-state index in [1.54, 1.807) is 0 Å². The van der Waals surface area contributed by atoms with E-state index >= 15 is 0 Å². The van der Waals surface area contributed by atoms with Crippen molar-refractivity contribution in [2.75, 3.05) is 0 Å². The van der Waals surface area contributed by atoms with E-state index in [-0.39, 0.29) is 5.15 Å². The summed E-state index contributed by atoms with van der Waals surface area (Å²) < 4.78 is 2.85. The Morgan fingerprint density at radius 3 is 2.41 bits per heavy atom. The molecule has 0 aliphatic heterocycles. The highest BCUT2D eigenvalue weighted by atomic mass is 79.9. The van der Waals surface area contributed by atoms with Gasteiger partial charge in [0.25, 0.3) is 0 Å². The molecule has 3 nitrogen and oxygen atoms in total. The molecule has 3 rings (SSSR count). The summed E-state index contributed by atoms with van der Waals surface area (Å²) in [6.45, 7) is 0.533. The molecular formula is C17H12BrClN2O. The number of halogens is 2. The van der Waals surface area contributed by atoms with Gasteiger partial charge in [0.2, 0.25) is 0 Å². The van der Waals surface area contributed by atoms with Crippen LogP contribution < -0.4 is 0 Å². The van der Waals surface area contributed by atoms with Crippen LogP contribution in [0.5, 0.6) is 0 Å². The molecule has 0 atom stereocenters. The van der Waals surface area contributed by atoms with E-state index < -0.39 is 0 Å². The Labute approximate surface area is 141 Å². The van der Waals surface area contributed by atoms with Gasteiger partial charge >= 0.3 is 0 Å². The zero-order chi connectivity index (χ0) is 15.5. The van der Waals surface area contributed by atoms with Crippen molar-refractivity contribution in [3.8, 4) is 11.4 Å². The van der Waals surface area contributed by atoms with Gasteiger partial charge in [-0.25, -0.2) is 4.98 Å². The van der Waals surface area contributed by atoms with Crippen LogP contribution in [0.15, 0.2) is 59.1 Å². The Hall–Kier alpha value is -1.91. The van der Waals surface area contributed by atoms with Gasteiger partial charge < -0.3 is 4.57 Å². The predicted molar refractivity (Wildman–Crippen MR) is 91.3 cm³/mol. The van der Waals surface area contributed by atoms with Crippen LogP contribution >= 0.6 is 27.5 Å².